The first kappa shape index (κ1) is 48.3. The maximum absolute atomic E-state index is 12.2. The lowest BCUT2D eigenvalue weighted by molar-refractivity contribution is -0.143. The lowest BCUT2D eigenvalue weighted by Crippen LogP contribution is -2.25. The van der Waals surface area contributed by atoms with Gasteiger partial charge in [0.2, 0.25) is 0 Å². The summed E-state index contributed by atoms with van der Waals surface area (Å²) in [5.74, 6) is 4.58. The summed E-state index contributed by atoms with van der Waals surface area (Å²) in [6.07, 6.45) is 5.82. The molecule has 0 aromatic heterocycles. The number of nitrogens with one attached hydrogen (secondary N) is 2. The Morgan fingerprint density at radius 3 is 1.20 bits per heavy atom. The van der Waals surface area contributed by atoms with Gasteiger partial charge in [0.1, 0.15) is 11.5 Å². The Labute approximate surface area is 365 Å². The quantitative estimate of drug-likeness (QED) is 0.106. The zero-order valence-corrected chi connectivity index (χ0v) is 37.9. The average molecular weight is 839 g/mol. The highest BCUT2D eigenvalue weighted by atomic mass is 16.5. The van der Waals surface area contributed by atoms with E-state index < -0.39 is 10.8 Å². The van der Waals surface area contributed by atoms with Crippen molar-refractivity contribution in [1.82, 2.24) is 0 Å². The van der Waals surface area contributed by atoms with E-state index in [1.165, 1.54) is 33.4 Å². The van der Waals surface area contributed by atoms with Crippen molar-refractivity contribution in [2.24, 2.45) is 10.8 Å². The molecule has 0 heterocycles. The van der Waals surface area contributed by atoms with Gasteiger partial charge in [0, 0.05) is 36.6 Å². The van der Waals surface area contributed by atoms with Gasteiger partial charge in [-0.1, -0.05) is 19.6 Å². The third-order valence-electron chi connectivity index (χ3n) is 11.2. The van der Waals surface area contributed by atoms with Crippen LogP contribution < -0.4 is 39.1 Å². The van der Waals surface area contributed by atoms with Crippen LogP contribution in [0.1, 0.15) is 121 Å². The summed E-state index contributed by atoms with van der Waals surface area (Å²) in [7, 11) is 6.67. The summed E-state index contributed by atoms with van der Waals surface area (Å²) >= 11 is 0. The van der Waals surface area contributed by atoms with Crippen molar-refractivity contribution < 1.29 is 38.0 Å². The van der Waals surface area contributed by atoms with Crippen LogP contribution in [-0.4, -0.2) is 53.5 Å². The van der Waals surface area contributed by atoms with E-state index in [1.54, 1.807) is 28.4 Å². The number of esters is 2. The second-order valence-corrected chi connectivity index (χ2v) is 17.7. The minimum absolute atomic E-state index is 0. The van der Waals surface area contributed by atoms with Crippen LogP contribution in [0, 0.1) is 10.8 Å². The highest BCUT2D eigenvalue weighted by molar-refractivity contribution is 5.78. The number of ether oxygens (including phenoxy) is 6. The fourth-order valence-electron chi connectivity index (χ4n) is 7.79. The molecule has 2 N–H and O–H groups in total. The molecule has 61 heavy (non-hydrogen) atoms. The number of methoxy groups -OCH3 is 4. The summed E-state index contributed by atoms with van der Waals surface area (Å²) in [5, 5.41) is 6.95. The zero-order valence-electron chi connectivity index (χ0n) is 37.9. The van der Waals surface area contributed by atoms with E-state index in [0.717, 1.165) is 86.0 Å². The molecule has 332 valence electrons. The van der Waals surface area contributed by atoms with Crippen molar-refractivity contribution in [2.45, 2.75) is 113 Å². The molecule has 4 aromatic rings. The number of benzene rings is 4. The smallest absolute Gasteiger partial charge is 0.316 e. The average Bonchev–Trinajstić information content (AvgIpc) is 3.22. The van der Waals surface area contributed by atoms with E-state index in [1.807, 2.05) is 77.9 Å². The lowest BCUT2D eigenvalue weighted by atomic mass is 9.79. The standard InChI is InChI=1S/2C25H33NO4.CH4/c2*1-7-26-21-15-23(29-6)22(28-5)14-20(21)18-9-8-17-13-19(11-10-16(17)12-18)30-24(27)25(2,3)4;/h2*10-11,13-15,18,26H,7-9,12H2,1-6H3;1H4/t2*18-;/m10./s1. The Bertz CT molecular complexity index is 1980. The second kappa shape index (κ2) is 20.9. The molecule has 0 spiro atoms. The highest BCUT2D eigenvalue weighted by Crippen LogP contribution is 2.44. The second-order valence-electron chi connectivity index (χ2n) is 17.7. The molecule has 10 nitrogen and oxygen atoms in total. The molecule has 0 saturated heterocycles. The van der Waals surface area contributed by atoms with Gasteiger partial charge in [-0.3, -0.25) is 9.59 Å². The van der Waals surface area contributed by atoms with Crippen LogP contribution in [0.3, 0.4) is 0 Å². The first-order chi connectivity index (χ1) is 28.5. The fraction of sp³-hybridized carbons (Fsp3) is 0.490. The summed E-state index contributed by atoms with van der Waals surface area (Å²) < 4.78 is 33.2. The predicted molar refractivity (Wildman–Crippen MR) is 247 cm³/mol. The minimum Gasteiger partial charge on any atom is -0.493 e. The number of hydrogen-bond acceptors (Lipinski definition) is 10. The molecular weight excluding hydrogens is 769 g/mol. The van der Waals surface area contributed by atoms with E-state index in [-0.39, 0.29) is 19.4 Å². The van der Waals surface area contributed by atoms with Crippen LogP contribution in [-0.2, 0) is 35.3 Å². The summed E-state index contributed by atoms with van der Waals surface area (Å²) in [6.45, 7) is 17.1. The maximum Gasteiger partial charge on any atom is 0.316 e. The van der Waals surface area contributed by atoms with Crippen LogP contribution in [0.2, 0.25) is 0 Å². The number of anilines is 2. The van der Waals surface area contributed by atoms with E-state index in [4.69, 9.17) is 28.4 Å². The molecule has 0 fully saturated rings. The molecular formula is C51H70N2O8. The Kier molecular flexibility index (Phi) is 16.6. The van der Waals surface area contributed by atoms with Gasteiger partial charge in [-0.05, 0) is 176 Å². The number of hydrogen-bond donors (Lipinski definition) is 2. The molecule has 0 saturated carbocycles. The topological polar surface area (TPSA) is 114 Å². The number of fused-ring (bicyclic) bond motifs is 2. The third kappa shape index (κ3) is 11.9. The van der Waals surface area contributed by atoms with E-state index >= 15 is 0 Å². The maximum atomic E-state index is 12.2. The van der Waals surface area contributed by atoms with Crippen molar-refractivity contribution in [1.29, 1.82) is 0 Å². The van der Waals surface area contributed by atoms with Gasteiger partial charge >= 0.3 is 11.9 Å². The Morgan fingerprint density at radius 2 is 0.885 bits per heavy atom. The van der Waals surface area contributed by atoms with E-state index in [9.17, 15) is 9.59 Å². The minimum atomic E-state index is -0.517. The number of rotatable bonds is 12. The molecule has 4 aromatic carbocycles. The van der Waals surface area contributed by atoms with E-state index in [2.05, 4.69) is 48.7 Å². The normalized spacial score (nSPS) is 15.6. The van der Waals surface area contributed by atoms with Gasteiger partial charge in [0.15, 0.2) is 23.0 Å². The molecule has 0 aliphatic heterocycles. The van der Waals surface area contributed by atoms with Crippen molar-refractivity contribution in [3.05, 3.63) is 94.0 Å². The van der Waals surface area contributed by atoms with Gasteiger partial charge in [-0.15, -0.1) is 0 Å². The van der Waals surface area contributed by atoms with Crippen molar-refractivity contribution in [3.63, 3.8) is 0 Å². The molecule has 0 amide bonds. The zero-order chi connectivity index (χ0) is 43.8. The third-order valence-corrected chi connectivity index (χ3v) is 11.2. The Hall–Kier alpha value is -5.38. The largest absolute Gasteiger partial charge is 0.493 e. The van der Waals surface area contributed by atoms with Gasteiger partial charge in [-0.2, -0.15) is 0 Å². The van der Waals surface area contributed by atoms with Crippen LogP contribution in [0.25, 0.3) is 0 Å². The number of carbonyl (C=O) groups excluding carboxylic acids is 2. The molecule has 0 unspecified atom stereocenters. The van der Waals surface area contributed by atoms with Crippen LogP contribution in [0.4, 0.5) is 11.4 Å². The predicted octanol–water partition coefficient (Wildman–Crippen LogP) is 11.4. The van der Waals surface area contributed by atoms with E-state index in [0.29, 0.717) is 23.3 Å². The summed E-state index contributed by atoms with van der Waals surface area (Å²) in [4.78, 5) is 24.4. The molecule has 0 bridgehead atoms. The van der Waals surface area contributed by atoms with Crippen molar-refractivity contribution in [2.75, 3.05) is 52.2 Å². The Balaban J connectivity index is 0.000000264. The lowest BCUT2D eigenvalue weighted by Gasteiger charge is -2.28. The fourth-order valence-corrected chi connectivity index (χ4v) is 7.79. The van der Waals surface area contributed by atoms with Crippen LogP contribution >= 0.6 is 0 Å². The first-order valence-electron chi connectivity index (χ1n) is 21.2. The van der Waals surface area contributed by atoms with Gasteiger partial charge < -0.3 is 39.1 Å². The molecule has 2 aliphatic carbocycles. The number of carbonyl (C=O) groups is 2. The summed E-state index contributed by atoms with van der Waals surface area (Å²) in [6, 6.07) is 20.3. The van der Waals surface area contributed by atoms with Gasteiger partial charge in [0.25, 0.3) is 0 Å². The molecule has 2 atom stereocenters. The Morgan fingerprint density at radius 1 is 0.541 bits per heavy atom. The molecule has 10 heteroatoms. The van der Waals surface area contributed by atoms with Crippen LogP contribution in [0.5, 0.6) is 34.5 Å². The highest BCUT2D eigenvalue weighted by Gasteiger charge is 2.29. The van der Waals surface area contributed by atoms with Crippen molar-refractivity contribution in [3.8, 4) is 34.5 Å². The molecule has 0 radical (unpaired) electrons. The van der Waals surface area contributed by atoms with Gasteiger partial charge in [-0.25, -0.2) is 0 Å². The van der Waals surface area contributed by atoms with Crippen molar-refractivity contribution >= 4 is 23.3 Å². The first-order valence-corrected chi connectivity index (χ1v) is 21.2. The van der Waals surface area contributed by atoms with Crippen LogP contribution in [0.15, 0.2) is 60.7 Å². The SMILES string of the molecule is C.CCNc1cc(OC)c(OC)cc1[C@@H]1CCc2cc(OC(=O)C(C)(C)C)ccc2C1.CCNc1cc(OC)c(OC)cc1[C@H]1CCc2cc(OC(=O)C(C)(C)C)ccc2C1. The van der Waals surface area contributed by atoms with Gasteiger partial charge in [0.05, 0.1) is 39.3 Å². The number of aryl methyl sites for hydroxylation is 2. The summed E-state index contributed by atoms with van der Waals surface area (Å²) in [5.41, 5.74) is 8.80. The molecule has 2 aliphatic rings. The molecule has 6 rings (SSSR count). The monoisotopic (exact) mass is 839 g/mol.